The summed E-state index contributed by atoms with van der Waals surface area (Å²) in [6.07, 6.45) is 8.38. The number of guanidine groups is 1. The molecule has 0 radical (unpaired) electrons. The molecule has 1 atom stereocenters. The third kappa shape index (κ3) is 4.99. The molecule has 1 aromatic heterocycles. The van der Waals surface area contributed by atoms with Gasteiger partial charge < -0.3 is 15.1 Å². The predicted molar refractivity (Wildman–Crippen MR) is 93.6 cm³/mol. The van der Waals surface area contributed by atoms with Gasteiger partial charge in [-0.1, -0.05) is 6.42 Å². The zero-order valence-electron chi connectivity index (χ0n) is 14.3. The lowest BCUT2D eigenvalue weighted by molar-refractivity contribution is 0.150. The molecular weight excluding hydrogens is 288 g/mol. The van der Waals surface area contributed by atoms with Crippen molar-refractivity contribution in [2.75, 3.05) is 32.7 Å². The Morgan fingerprint density at radius 3 is 2.78 bits per heavy atom. The molecule has 0 amide bonds. The highest BCUT2D eigenvalue weighted by atomic mass is 16.3. The Kier molecular flexibility index (Phi) is 5.97. The first-order valence-electron chi connectivity index (χ1n) is 9.16. The summed E-state index contributed by atoms with van der Waals surface area (Å²) >= 11 is 0. The van der Waals surface area contributed by atoms with Crippen LogP contribution in [0.3, 0.4) is 0 Å². The van der Waals surface area contributed by atoms with Gasteiger partial charge in [-0.25, -0.2) is 0 Å². The van der Waals surface area contributed by atoms with Crippen LogP contribution >= 0.6 is 0 Å². The summed E-state index contributed by atoms with van der Waals surface area (Å²) < 4.78 is 5.70. The van der Waals surface area contributed by atoms with Crippen LogP contribution in [0.15, 0.2) is 27.8 Å². The van der Waals surface area contributed by atoms with Crippen LogP contribution in [0, 0.1) is 5.92 Å². The van der Waals surface area contributed by atoms with E-state index in [4.69, 9.17) is 9.41 Å². The lowest BCUT2D eigenvalue weighted by atomic mass is 10.1. The monoisotopic (exact) mass is 318 g/mol. The minimum absolute atomic E-state index is 0.252. The summed E-state index contributed by atoms with van der Waals surface area (Å²) in [5, 5.41) is 6.84. The molecule has 2 heterocycles. The molecule has 1 aromatic rings. The lowest BCUT2D eigenvalue weighted by Gasteiger charge is -2.32. The predicted octanol–water partition coefficient (Wildman–Crippen LogP) is 2.77. The molecule has 1 saturated carbocycles. The van der Waals surface area contributed by atoms with E-state index in [1.165, 1.54) is 32.1 Å². The molecule has 0 aromatic carbocycles. The number of rotatable bonds is 7. The molecule has 2 fully saturated rings. The minimum atomic E-state index is 0.252. The number of likely N-dealkylation sites (tertiary alicyclic amines) is 1. The van der Waals surface area contributed by atoms with Gasteiger partial charge in [0.15, 0.2) is 5.96 Å². The van der Waals surface area contributed by atoms with Gasteiger partial charge in [-0.3, -0.25) is 9.89 Å². The Hall–Kier alpha value is -1.49. The highest BCUT2D eigenvalue weighted by Gasteiger charge is 2.25. The molecule has 1 saturated heterocycles. The fourth-order valence-electron chi connectivity index (χ4n) is 3.18. The number of hydrogen-bond acceptors (Lipinski definition) is 3. The zero-order valence-corrected chi connectivity index (χ0v) is 14.3. The fraction of sp³-hybridized carbons (Fsp3) is 0.722. The van der Waals surface area contributed by atoms with Gasteiger partial charge in [0.2, 0.25) is 0 Å². The molecule has 1 aliphatic heterocycles. The average molecular weight is 318 g/mol. The van der Waals surface area contributed by atoms with Crippen LogP contribution in [-0.2, 0) is 0 Å². The van der Waals surface area contributed by atoms with Gasteiger partial charge in [0.05, 0.1) is 18.8 Å². The third-order valence-corrected chi connectivity index (χ3v) is 4.72. The van der Waals surface area contributed by atoms with Gasteiger partial charge in [-0.2, -0.15) is 0 Å². The molecule has 0 spiro atoms. The zero-order chi connectivity index (χ0) is 15.9. The summed E-state index contributed by atoms with van der Waals surface area (Å²) in [4.78, 5) is 7.36. The molecule has 1 aliphatic carbocycles. The number of piperidine rings is 1. The Morgan fingerprint density at radius 1 is 1.30 bits per heavy atom. The molecule has 5 heteroatoms. The van der Waals surface area contributed by atoms with Crippen molar-refractivity contribution in [1.82, 2.24) is 15.5 Å². The first-order valence-corrected chi connectivity index (χ1v) is 9.16. The van der Waals surface area contributed by atoms with Crippen molar-refractivity contribution in [2.24, 2.45) is 10.9 Å². The van der Waals surface area contributed by atoms with E-state index in [1.807, 2.05) is 6.07 Å². The molecule has 5 nitrogen and oxygen atoms in total. The largest absolute Gasteiger partial charge is 0.468 e. The van der Waals surface area contributed by atoms with E-state index in [2.05, 4.69) is 28.5 Å². The van der Waals surface area contributed by atoms with Gasteiger partial charge >= 0.3 is 0 Å². The Morgan fingerprint density at radius 2 is 2.13 bits per heavy atom. The Labute approximate surface area is 139 Å². The summed E-state index contributed by atoms with van der Waals surface area (Å²) in [5.41, 5.74) is 0. The van der Waals surface area contributed by atoms with Crippen molar-refractivity contribution < 1.29 is 4.42 Å². The Bertz CT molecular complexity index is 475. The number of hydrogen-bond donors (Lipinski definition) is 2. The third-order valence-electron chi connectivity index (χ3n) is 4.72. The molecule has 3 rings (SSSR count). The topological polar surface area (TPSA) is 52.8 Å². The van der Waals surface area contributed by atoms with Crippen LogP contribution in [0.2, 0.25) is 0 Å². The number of furan rings is 1. The highest BCUT2D eigenvalue weighted by Crippen LogP contribution is 2.27. The second-order valence-electron chi connectivity index (χ2n) is 6.67. The summed E-state index contributed by atoms with van der Waals surface area (Å²) in [7, 11) is 0. The van der Waals surface area contributed by atoms with Crippen LogP contribution in [0.25, 0.3) is 0 Å². The number of nitrogens with zero attached hydrogens (tertiary/aromatic N) is 2. The van der Waals surface area contributed by atoms with Gasteiger partial charge in [-0.15, -0.1) is 0 Å². The van der Waals surface area contributed by atoms with Gasteiger partial charge in [0.25, 0.3) is 0 Å². The van der Waals surface area contributed by atoms with Crippen molar-refractivity contribution >= 4 is 5.96 Å². The van der Waals surface area contributed by atoms with Crippen LogP contribution in [0.4, 0.5) is 0 Å². The second-order valence-corrected chi connectivity index (χ2v) is 6.67. The maximum Gasteiger partial charge on any atom is 0.191 e. The van der Waals surface area contributed by atoms with Crippen molar-refractivity contribution in [3.63, 3.8) is 0 Å². The van der Waals surface area contributed by atoms with Crippen molar-refractivity contribution in [3.8, 4) is 0 Å². The van der Waals surface area contributed by atoms with Gasteiger partial charge in [0.1, 0.15) is 5.76 Å². The molecule has 2 N–H and O–H groups in total. The smallest absolute Gasteiger partial charge is 0.191 e. The summed E-state index contributed by atoms with van der Waals surface area (Å²) in [6.45, 7) is 7.09. The summed E-state index contributed by atoms with van der Waals surface area (Å²) in [6, 6.07) is 4.31. The highest BCUT2D eigenvalue weighted by molar-refractivity contribution is 5.79. The van der Waals surface area contributed by atoms with Crippen LogP contribution < -0.4 is 10.6 Å². The molecular formula is C18H30N4O. The Balaban J connectivity index is 1.64. The number of aliphatic imine (C=N–C) groups is 1. The van der Waals surface area contributed by atoms with Gasteiger partial charge in [-0.05, 0) is 63.7 Å². The number of nitrogens with one attached hydrogen (secondary N) is 2. The standard InChI is InChI=1S/C18H30N4O/c1-2-19-18(20-13-15-8-9-15)21-14-16(17-7-6-12-23-17)22-10-4-3-5-11-22/h6-7,12,15-16H,2-5,8-11,13-14H2,1H3,(H2,19,20,21). The van der Waals surface area contributed by atoms with E-state index in [1.54, 1.807) is 6.26 Å². The van der Waals surface area contributed by atoms with Crippen LogP contribution in [-0.4, -0.2) is 43.6 Å². The minimum Gasteiger partial charge on any atom is -0.468 e. The lowest BCUT2D eigenvalue weighted by Crippen LogP contribution is -2.40. The van der Waals surface area contributed by atoms with E-state index in [-0.39, 0.29) is 6.04 Å². The molecule has 23 heavy (non-hydrogen) atoms. The first-order chi connectivity index (χ1) is 11.4. The molecule has 2 aliphatic rings. The van der Waals surface area contributed by atoms with Crippen molar-refractivity contribution in [3.05, 3.63) is 24.2 Å². The van der Waals surface area contributed by atoms with Crippen molar-refractivity contribution in [1.29, 1.82) is 0 Å². The van der Waals surface area contributed by atoms with Gasteiger partial charge in [0, 0.05) is 13.1 Å². The van der Waals surface area contributed by atoms with Crippen LogP contribution in [0.5, 0.6) is 0 Å². The maximum atomic E-state index is 5.70. The maximum absolute atomic E-state index is 5.70. The SMILES string of the molecule is CCNC(=NCC(c1ccco1)N1CCCCC1)NCC1CC1. The molecule has 128 valence electrons. The first kappa shape index (κ1) is 16.4. The summed E-state index contributed by atoms with van der Waals surface area (Å²) in [5.74, 6) is 2.82. The van der Waals surface area contributed by atoms with E-state index in [0.29, 0.717) is 0 Å². The average Bonchev–Trinajstić information content (AvgIpc) is 3.26. The van der Waals surface area contributed by atoms with Crippen LogP contribution in [0.1, 0.15) is 50.8 Å². The molecule has 1 unspecified atom stereocenters. The quantitative estimate of drug-likeness (QED) is 0.599. The molecule has 0 bridgehead atoms. The van der Waals surface area contributed by atoms with Crippen molar-refractivity contribution in [2.45, 2.75) is 45.1 Å². The fourth-order valence-corrected chi connectivity index (χ4v) is 3.18. The van der Waals surface area contributed by atoms with E-state index in [0.717, 1.165) is 50.4 Å². The van der Waals surface area contributed by atoms with E-state index in [9.17, 15) is 0 Å². The van der Waals surface area contributed by atoms with E-state index < -0.39 is 0 Å². The normalized spacial score (nSPS) is 21.2. The second kappa shape index (κ2) is 8.39. The van der Waals surface area contributed by atoms with E-state index >= 15 is 0 Å².